The molecular formula is C20H17NO5. The van der Waals surface area contributed by atoms with Gasteiger partial charge in [0.2, 0.25) is 5.90 Å². The fourth-order valence-corrected chi connectivity index (χ4v) is 3.05. The molecule has 0 amide bonds. The van der Waals surface area contributed by atoms with E-state index >= 15 is 0 Å². The van der Waals surface area contributed by atoms with Crippen LogP contribution in [0.2, 0.25) is 0 Å². The maximum absolute atomic E-state index is 11.8. The highest BCUT2D eigenvalue weighted by Crippen LogP contribution is 2.48. The quantitative estimate of drug-likeness (QED) is 0.778. The number of hydrogen-bond acceptors (Lipinski definition) is 6. The minimum Gasteiger partial charge on any atom is -0.497 e. The Morgan fingerprint density at radius 1 is 1.15 bits per heavy atom. The predicted molar refractivity (Wildman–Crippen MR) is 95.3 cm³/mol. The molecule has 0 aliphatic carbocycles. The largest absolute Gasteiger partial charge is 0.515 e. The first-order valence-corrected chi connectivity index (χ1v) is 8.29. The third kappa shape index (κ3) is 2.69. The van der Waals surface area contributed by atoms with Crippen molar-refractivity contribution in [2.75, 3.05) is 13.7 Å². The standard InChI is InChI=1S/C20H17NO5/c1-3-24-20(22)26-19-16(12-8-10-13(23-2)11-9-12)18-17(21-19)14-6-4-5-7-15(14)25-18/h4-11,17H,3H2,1-2H3. The van der Waals surface area contributed by atoms with E-state index in [0.717, 1.165) is 22.6 Å². The molecule has 2 aromatic rings. The molecule has 0 bridgehead atoms. The number of ether oxygens (including phenoxy) is 4. The van der Waals surface area contributed by atoms with Gasteiger partial charge in [-0.1, -0.05) is 30.3 Å². The minimum atomic E-state index is -0.786. The molecule has 6 heteroatoms. The fourth-order valence-electron chi connectivity index (χ4n) is 3.05. The Hall–Kier alpha value is -3.28. The van der Waals surface area contributed by atoms with Crippen LogP contribution in [0.5, 0.6) is 11.5 Å². The SMILES string of the molecule is CCOC(=O)OC1=NC2C(=C1c1ccc(OC)cc1)Oc1ccccc12. The lowest BCUT2D eigenvalue weighted by Gasteiger charge is -2.10. The van der Waals surface area contributed by atoms with Crippen molar-refractivity contribution in [2.24, 2.45) is 4.99 Å². The zero-order valence-corrected chi connectivity index (χ0v) is 14.4. The molecule has 0 radical (unpaired) electrons. The molecule has 6 nitrogen and oxygen atoms in total. The molecule has 2 aromatic carbocycles. The molecule has 4 rings (SSSR count). The Balaban J connectivity index is 1.77. The van der Waals surface area contributed by atoms with Crippen molar-refractivity contribution >= 4 is 17.6 Å². The second kappa shape index (κ2) is 6.55. The zero-order chi connectivity index (χ0) is 18.1. The monoisotopic (exact) mass is 351 g/mol. The fraction of sp³-hybridized carbons (Fsp3) is 0.200. The topological polar surface area (TPSA) is 66.4 Å². The summed E-state index contributed by atoms with van der Waals surface area (Å²) in [6.45, 7) is 1.94. The van der Waals surface area contributed by atoms with Crippen LogP contribution in [0.3, 0.4) is 0 Å². The highest BCUT2D eigenvalue weighted by atomic mass is 16.7. The van der Waals surface area contributed by atoms with Gasteiger partial charge in [0.15, 0.2) is 0 Å². The van der Waals surface area contributed by atoms with E-state index in [4.69, 9.17) is 18.9 Å². The first kappa shape index (κ1) is 16.2. The lowest BCUT2D eigenvalue weighted by Crippen LogP contribution is -2.14. The number of rotatable bonds is 3. The number of fused-ring (bicyclic) bond motifs is 3. The number of methoxy groups -OCH3 is 1. The van der Waals surface area contributed by atoms with E-state index in [2.05, 4.69) is 4.99 Å². The van der Waals surface area contributed by atoms with Crippen LogP contribution in [-0.4, -0.2) is 25.8 Å². The predicted octanol–water partition coefficient (Wildman–Crippen LogP) is 4.13. The molecule has 1 unspecified atom stereocenters. The summed E-state index contributed by atoms with van der Waals surface area (Å²) in [5.74, 6) is 2.34. The van der Waals surface area contributed by atoms with Gasteiger partial charge < -0.3 is 18.9 Å². The van der Waals surface area contributed by atoms with Crippen LogP contribution in [0.15, 0.2) is 59.3 Å². The van der Waals surface area contributed by atoms with Gasteiger partial charge in [-0.25, -0.2) is 9.79 Å². The molecule has 0 saturated heterocycles. The Bertz CT molecular complexity index is 914. The molecule has 2 heterocycles. The Kier molecular flexibility index (Phi) is 4.08. The third-order valence-electron chi connectivity index (χ3n) is 4.21. The maximum Gasteiger partial charge on any atom is 0.515 e. The van der Waals surface area contributed by atoms with Crippen molar-refractivity contribution in [1.82, 2.24) is 0 Å². The van der Waals surface area contributed by atoms with Gasteiger partial charge in [-0.05, 0) is 30.7 Å². The lowest BCUT2D eigenvalue weighted by molar-refractivity contribution is 0.101. The number of para-hydroxylation sites is 1. The first-order chi connectivity index (χ1) is 12.7. The Morgan fingerprint density at radius 3 is 2.65 bits per heavy atom. The van der Waals surface area contributed by atoms with E-state index < -0.39 is 6.16 Å². The minimum absolute atomic E-state index is 0.197. The van der Waals surface area contributed by atoms with Crippen LogP contribution >= 0.6 is 0 Å². The molecule has 26 heavy (non-hydrogen) atoms. The number of carbonyl (C=O) groups excluding carboxylic acids is 1. The number of hydrogen-bond donors (Lipinski definition) is 0. The van der Waals surface area contributed by atoms with Crippen LogP contribution in [0.4, 0.5) is 4.79 Å². The highest BCUT2D eigenvalue weighted by Gasteiger charge is 2.40. The van der Waals surface area contributed by atoms with Crippen LogP contribution in [0.1, 0.15) is 24.1 Å². The molecular weight excluding hydrogens is 334 g/mol. The summed E-state index contributed by atoms with van der Waals surface area (Å²) in [5.41, 5.74) is 2.40. The average Bonchev–Trinajstić information content (AvgIpc) is 3.17. The molecule has 0 fully saturated rings. The third-order valence-corrected chi connectivity index (χ3v) is 4.21. The van der Waals surface area contributed by atoms with Gasteiger partial charge in [-0.15, -0.1) is 0 Å². The van der Waals surface area contributed by atoms with Gasteiger partial charge in [-0.2, -0.15) is 0 Å². The molecule has 0 N–H and O–H groups in total. The highest BCUT2D eigenvalue weighted by molar-refractivity contribution is 6.24. The van der Waals surface area contributed by atoms with Crippen LogP contribution in [-0.2, 0) is 9.47 Å². The van der Waals surface area contributed by atoms with Crippen LogP contribution < -0.4 is 9.47 Å². The maximum atomic E-state index is 11.8. The van der Waals surface area contributed by atoms with E-state index in [0.29, 0.717) is 11.3 Å². The number of benzene rings is 2. The van der Waals surface area contributed by atoms with E-state index in [1.807, 2.05) is 48.5 Å². The van der Waals surface area contributed by atoms with Crippen LogP contribution in [0.25, 0.3) is 5.57 Å². The summed E-state index contributed by atoms with van der Waals surface area (Å²) < 4.78 is 21.5. The van der Waals surface area contributed by atoms with Gasteiger partial charge >= 0.3 is 6.16 Å². The van der Waals surface area contributed by atoms with Gasteiger partial charge in [0.25, 0.3) is 0 Å². The Morgan fingerprint density at radius 2 is 1.92 bits per heavy atom. The van der Waals surface area contributed by atoms with Crippen LogP contribution in [0, 0.1) is 0 Å². The van der Waals surface area contributed by atoms with E-state index in [-0.39, 0.29) is 18.5 Å². The second-order valence-electron chi connectivity index (χ2n) is 5.73. The summed E-state index contributed by atoms with van der Waals surface area (Å²) in [4.78, 5) is 16.4. The van der Waals surface area contributed by atoms with Crippen molar-refractivity contribution in [3.05, 3.63) is 65.4 Å². The molecule has 2 aliphatic heterocycles. The zero-order valence-electron chi connectivity index (χ0n) is 14.4. The van der Waals surface area contributed by atoms with Crippen molar-refractivity contribution in [3.8, 4) is 11.5 Å². The smallest absolute Gasteiger partial charge is 0.497 e. The molecule has 132 valence electrons. The Labute approximate surface area is 150 Å². The van der Waals surface area contributed by atoms with E-state index in [9.17, 15) is 4.79 Å². The lowest BCUT2D eigenvalue weighted by atomic mass is 10.0. The second-order valence-corrected chi connectivity index (χ2v) is 5.73. The normalized spacial score (nSPS) is 17.2. The number of aliphatic imine (C=N–C) groups is 1. The molecule has 2 aliphatic rings. The average molecular weight is 351 g/mol. The summed E-state index contributed by atoms with van der Waals surface area (Å²) in [6.07, 6.45) is -0.786. The van der Waals surface area contributed by atoms with Gasteiger partial charge in [-0.3, -0.25) is 0 Å². The van der Waals surface area contributed by atoms with Gasteiger partial charge in [0.1, 0.15) is 23.3 Å². The van der Waals surface area contributed by atoms with E-state index in [1.54, 1.807) is 14.0 Å². The van der Waals surface area contributed by atoms with Crippen molar-refractivity contribution in [3.63, 3.8) is 0 Å². The molecule has 0 spiro atoms. The van der Waals surface area contributed by atoms with Gasteiger partial charge in [0, 0.05) is 5.56 Å². The molecule has 1 atom stereocenters. The van der Waals surface area contributed by atoms with E-state index in [1.165, 1.54) is 0 Å². The van der Waals surface area contributed by atoms with Crippen molar-refractivity contribution in [1.29, 1.82) is 0 Å². The summed E-state index contributed by atoms with van der Waals surface area (Å²) in [6, 6.07) is 14.8. The first-order valence-electron chi connectivity index (χ1n) is 8.29. The van der Waals surface area contributed by atoms with Gasteiger partial charge in [0.05, 0.1) is 19.3 Å². The summed E-state index contributed by atoms with van der Waals surface area (Å²) in [5, 5.41) is 0. The van der Waals surface area contributed by atoms with Crippen molar-refractivity contribution in [2.45, 2.75) is 13.0 Å². The van der Waals surface area contributed by atoms with Crippen molar-refractivity contribution < 1.29 is 23.7 Å². The molecule has 0 saturated carbocycles. The number of nitrogens with zero attached hydrogens (tertiary/aromatic N) is 1. The molecule has 0 aromatic heterocycles. The summed E-state index contributed by atoms with van der Waals surface area (Å²) in [7, 11) is 1.61. The summed E-state index contributed by atoms with van der Waals surface area (Å²) >= 11 is 0. The number of carbonyl (C=O) groups is 1.